The Morgan fingerprint density at radius 3 is 2.68 bits per heavy atom. The standard InChI is InChI=1S/C22H35NO2/c1-5-25-20-12-17(4)18(13-19(20)16(2)3)14-23-11-7-10-22(15-23)9-6-8-21(22)24/h12-13,16,21,24H,5-11,14-15H2,1-4H3/t21-,22-/m1/s1. The molecule has 3 rings (SSSR count). The van der Waals surface area contributed by atoms with Crippen molar-refractivity contribution in [3.8, 4) is 5.75 Å². The minimum Gasteiger partial charge on any atom is -0.494 e. The topological polar surface area (TPSA) is 32.7 Å². The Morgan fingerprint density at radius 2 is 2.04 bits per heavy atom. The highest BCUT2D eigenvalue weighted by Gasteiger charge is 2.44. The second-order valence-corrected chi connectivity index (χ2v) is 8.49. The van der Waals surface area contributed by atoms with Crippen LogP contribution in [-0.4, -0.2) is 35.8 Å². The molecule has 1 aliphatic carbocycles. The Balaban J connectivity index is 1.79. The third-order valence-electron chi connectivity index (χ3n) is 6.33. The Labute approximate surface area is 153 Å². The molecule has 2 fully saturated rings. The van der Waals surface area contributed by atoms with E-state index in [1.54, 1.807) is 0 Å². The highest BCUT2D eigenvalue weighted by Crippen LogP contribution is 2.45. The first-order valence-electron chi connectivity index (χ1n) is 10.1. The average Bonchev–Trinajstić information content (AvgIpc) is 2.90. The quantitative estimate of drug-likeness (QED) is 0.843. The van der Waals surface area contributed by atoms with Gasteiger partial charge >= 0.3 is 0 Å². The fourth-order valence-corrected chi connectivity index (χ4v) is 4.88. The number of aliphatic hydroxyl groups is 1. The van der Waals surface area contributed by atoms with Gasteiger partial charge in [0.25, 0.3) is 0 Å². The van der Waals surface area contributed by atoms with Crippen LogP contribution in [0.5, 0.6) is 5.75 Å². The van der Waals surface area contributed by atoms with Crippen LogP contribution in [0, 0.1) is 12.3 Å². The van der Waals surface area contributed by atoms with Crippen molar-refractivity contribution in [3.63, 3.8) is 0 Å². The van der Waals surface area contributed by atoms with Crippen LogP contribution in [0.1, 0.15) is 75.5 Å². The lowest BCUT2D eigenvalue weighted by Gasteiger charge is -2.43. The molecule has 2 atom stereocenters. The van der Waals surface area contributed by atoms with Gasteiger partial charge in [-0.25, -0.2) is 0 Å². The third kappa shape index (κ3) is 3.88. The van der Waals surface area contributed by atoms with Crippen LogP contribution < -0.4 is 4.74 Å². The SMILES string of the molecule is CCOc1cc(C)c(CN2CCC[C@]3(CCC[C@H]3O)C2)cc1C(C)C. The number of aryl methyl sites for hydroxylation is 1. The second-order valence-electron chi connectivity index (χ2n) is 8.49. The fourth-order valence-electron chi connectivity index (χ4n) is 4.88. The number of hydrogen-bond donors (Lipinski definition) is 1. The molecule has 0 aromatic heterocycles. The molecule has 1 aromatic rings. The fraction of sp³-hybridized carbons (Fsp3) is 0.727. The maximum atomic E-state index is 10.5. The number of benzene rings is 1. The van der Waals surface area contributed by atoms with Crippen LogP contribution in [0.2, 0.25) is 0 Å². The number of nitrogens with zero attached hydrogens (tertiary/aromatic N) is 1. The number of piperidine rings is 1. The molecule has 0 bridgehead atoms. The minimum absolute atomic E-state index is 0.0945. The molecule has 1 spiro atoms. The predicted octanol–water partition coefficient (Wildman–Crippen LogP) is 4.64. The van der Waals surface area contributed by atoms with Crippen molar-refractivity contribution < 1.29 is 9.84 Å². The van der Waals surface area contributed by atoms with Gasteiger partial charge in [0.1, 0.15) is 5.75 Å². The number of ether oxygens (including phenoxy) is 1. The summed E-state index contributed by atoms with van der Waals surface area (Å²) in [5, 5.41) is 10.5. The lowest BCUT2D eigenvalue weighted by molar-refractivity contribution is -0.0120. The summed E-state index contributed by atoms with van der Waals surface area (Å²) in [6.07, 6.45) is 5.70. The van der Waals surface area contributed by atoms with Crippen molar-refractivity contribution in [1.82, 2.24) is 4.90 Å². The van der Waals surface area contributed by atoms with E-state index in [4.69, 9.17) is 4.74 Å². The first-order chi connectivity index (χ1) is 11.9. The van der Waals surface area contributed by atoms with Gasteiger partial charge in [-0.05, 0) is 74.8 Å². The van der Waals surface area contributed by atoms with E-state index in [2.05, 4.69) is 37.8 Å². The lowest BCUT2D eigenvalue weighted by Crippen LogP contribution is -2.46. The molecule has 1 heterocycles. The summed E-state index contributed by atoms with van der Waals surface area (Å²) in [6, 6.07) is 4.58. The van der Waals surface area contributed by atoms with Crippen molar-refractivity contribution in [2.45, 2.75) is 78.4 Å². The molecule has 1 aromatic carbocycles. The molecule has 1 saturated heterocycles. The first-order valence-corrected chi connectivity index (χ1v) is 10.1. The van der Waals surface area contributed by atoms with Gasteiger partial charge in [-0.2, -0.15) is 0 Å². The van der Waals surface area contributed by atoms with Crippen LogP contribution in [0.3, 0.4) is 0 Å². The molecule has 1 N–H and O–H groups in total. The smallest absolute Gasteiger partial charge is 0.123 e. The molecule has 140 valence electrons. The van der Waals surface area contributed by atoms with Gasteiger partial charge in [0.05, 0.1) is 12.7 Å². The summed E-state index contributed by atoms with van der Waals surface area (Å²) < 4.78 is 5.87. The number of hydrogen-bond acceptors (Lipinski definition) is 3. The molecule has 0 radical (unpaired) electrons. The van der Waals surface area contributed by atoms with Gasteiger partial charge in [-0.3, -0.25) is 4.90 Å². The van der Waals surface area contributed by atoms with Crippen molar-refractivity contribution in [1.29, 1.82) is 0 Å². The zero-order chi connectivity index (χ0) is 18.0. The molecule has 3 nitrogen and oxygen atoms in total. The van der Waals surface area contributed by atoms with E-state index in [0.717, 1.165) is 31.8 Å². The van der Waals surface area contributed by atoms with Crippen molar-refractivity contribution >= 4 is 0 Å². The van der Waals surface area contributed by atoms with Crippen LogP contribution in [-0.2, 0) is 6.54 Å². The molecule has 0 unspecified atom stereocenters. The summed E-state index contributed by atoms with van der Waals surface area (Å²) in [5.41, 5.74) is 4.21. The molecule has 3 heteroatoms. The van der Waals surface area contributed by atoms with Crippen molar-refractivity contribution in [2.75, 3.05) is 19.7 Å². The summed E-state index contributed by atoms with van der Waals surface area (Å²) in [7, 11) is 0. The third-order valence-corrected chi connectivity index (χ3v) is 6.33. The predicted molar refractivity (Wildman–Crippen MR) is 103 cm³/mol. The van der Waals surface area contributed by atoms with Gasteiger partial charge in [-0.15, -0.1) is 0 Å². The van der Waals surface area contributed by atoms with Crippen molar-refractivity contribution in [2.24, 2.45) is 5.41 Å². The van der Waals surface area contributed by atoms with Crippen LogP contribution >= 0.6 is 0 Å². The zero-order valence-corrected chi connectivity index (χ0v) is 16.5. The Kier molecular flexibility index (Phi) is 5.75. The Bertz CT molecular complexity index is 598. The molecule has 1 aliphatic heterocycles. The number of aliphatic hydroxyl groups excluding tert-OH is 1. The molecule has 2 aliphatic rings. The summed E-state index contributed by atoms with van der Waals surface area (Å²) >= 11 is 0. The summed E-state index contributed by atoms with van der Waals surface area (Å²) in [4.78, 5) is 2.57. The van der Waals surface area contributed by atoms with E-state index in [1.807, 2.05) is 6.92 Å². The van der Waals surface area contributed by atoms with E-state index in [-0.39, 0.29) is 11.5 Å². The van der Waals surface area contributed by atoms with Gasteiger partial charge in [0.2, 0.25) is 0 Å². The molecular weight excluding hydrogens is 310 g/mol. The molecule has 25 heavy (non-hydrogen) atoms. The monoisotopic (exact) mass is 345 g/mol. The number of rotatable bonds is 5. The largest absolute Gasteiger partial charge is 0.494 e. The van der Waals surface area contributed by atoms with Crippen LogP contribution in [0.15, 0.2) is 12.1 Å². The van der Waals surface area contributed by atoms with E-state index in [9.17, 15) is 5.11 Å². The van der Waals surface area contributed by atoms with E-state index in [1.165, 1.54) is 42.4 Å². The van der Waals surface area contributed by atoms with E-state index >= 15 is 0 Å². The van der Waals surface area contributed by atoms with Crippen LogP contribution in [0.25, 0.3) is 0 Å². The maximum absolute atomic E-state index is 10.5. The highest BCUT2D eigenvalue weighted by molar-refractivity contribution is 5.44. The van der Waals surface area contributed by atoms with Gasteiger partial charge < -0.3 is 9.84 Å². The van der Waals surface area contributed by atoms with Crippen molar-refractivity contribution in [3.05, 3.63) is 28.8 Å². The molecule has 0 amide bonds. The molecule has 1 saturated carbocycles. The average molecular weight is 346 g/mol. The Hall–Kier alpha value is -1.06. The van der Waals surface area contributed by atoms with Crippen LogP contribution in [0.4, 0.5) is 0 Å². The Morgan fingerprint density at radius 1 is 1.28 bits per heavy atom. The van der Waals surface area contributed by atoms with Gasteiger partial charge in [0.15, 0.2) is 0 Å². The maximum Gasteiger partial charge on any atom is 0.123 e. The minimum atomic E-state index is -0.0945. The first kappa shape index (κ1) is 18.7. The second kappa shape index (κ2) is 7.67. The van der Waals surface area contributed by atoms with Gasteiger partial charge in [0, 0.05) is 18.5 Å². The number of likely N-dealkylation sites (tertiary alicyclic amines) is 1. The highest BCUT2D eigenvalue weighted by atomic mass is 16.5. The zero-order valence-electron chi connectivity index (χ0n) is 16.5. The summed E-state index contributed by atoms with van der Waals surface area (Å²) in [6.45, 7) is 12.6. The summed E-state index contributed by atoms with van der Waals surface area (Å²) in [5.74, 6) is 1.50. The molecular formula is C22H35NO2. The normalized spacial score (nSPS) is 27.4. The van der Waals surface area contributed by atoms with Gasteiger partial charge in [-0.1, -0.05) is 26.3 Å². The lowest BCUT2D eigenvalue weighted by atomic mass is 9.76. The van der Waals surface area contributed by atoms with E-state index in [0.29, 0.717) is 12.5 Å². The van der Waals surface area contributed by atoms with E-state index < -0.39 is 0 Å².